The SMILES string of the molecule is Nc1ccc(OC2(c3ccc(Cl)c(F)c3)CCCC2)cc1. The second-order valence-electron chi connectivity index (χ2n) is 5.50. The third-order valence-corrected chi connectivity index (χ3v) is 4.36. The summed E-state index contributed by atoms with van der Waals surface area (Å²) in [5, 5.41) is 0.138. The van der Waals surface area contributed by atoms with E-state index < -0.39 is 11.4 Å². The molecule has 0 amide bonds. The van der Waals surface area contributed by atoms with Gasteiger partial charge in [0.15, 0.2) is 0 Å². The molecule has 1 aliphatic rings. The van der Waals surface area contributed by atoms with Gasteiger partial charge in [-0.3, -0.25) is 0 Å². The summed E-state index contributed by atoms with van der Waals surface area (Å²) in [6, 6.07) is 12.3. The lowest BCUT2D eigenvalue weighted by atomic mass is 9.91. The fourth-order valence-corrected chi connectivity index (χ4v) is 3.05. The van der Waals surface area contributed by atoms with Crippen LogP contribution in [0, 0.1) is 5.82 Å². The fraction of sp³-hybridized carbons (Fsp3) is 0.294. The number of anilines is 1. The van der Waals surface area contributed by atoms with Crippen molar-refractivity contribution in [1.82, 2.24) is 0 Å². The minimum absolute atomic E-state index is 0.138. The second kappa shape index (κ2) is 5.57. The van der Waals surface area contributed by atoms with Crippen LogP contribution in [0.1, 0.15) is 31.2 Å². The Morgan fingerprint density at radius 1 is 1.05 bits per heavy atom. The maximum atomic E-state index is 13.8. The van der Waals surface area contributed by atoms with Crippen molar-refractivity contribution in [3.63, 3.8) is 0 Å². The van der Waals surface area contributed by atoms with Gasteiger partial charge in [0.1, 0.15) is 17.2 Å². The molecule has 1 saturated carbocycles. The molecule has 2 aromatic carbocycles. The Labute approximate surface area is 128 Å². The van der Waals surface area contributed by atoms with E-state index in [9.17, 15) is 4.39 Å². The summed E-state index contributed by atoms with van der Waals surface area (Å²) in [6.45, 7) is 0. The van der Waals surface area contributed by atoms with Crippen molar-refractivity contribution in [3.8, 4) is 5.75 Å². The number of rotatable bonds is 3. The number of hydrogen-bond donors (Lipinski definition) is 1. The molecule has 0 radical (unpaired) electrons. The Balaban J connectivity index is 1.95. The van der Waals surface area contributed by atoms with E-state index in [1.807, 2.05) is 18.2 Å². The van der Waals surface area contributed by atoms with Crippen LogP contribution in [0.15, 0.2) is 42.5 Å². The van der Waals surface area contributed by atoms with Gasteiger partial charge in [0, 0.05) is 5.69 Å². The van der Waals surface area contributed by atoms with Gasteiger partial charge in [-0.2, -0.15) is 0 Å². The predicted octanol–water partition coefficient (Wildman–Crippen LogP) is 4.91. The van der Waals surface area contributed by atoms with E-state index in [2.05, 4.69) is 0 Å². The molecule has 0 aromatic heterocycles. The summed E-state index contributed by atoms with van der Waals surface area (Å²) >= 11 is 5.78. The first-order valence-corrected chi connectivity index (χ1v) is 7.47. The summed E-state index contributed by atoms with van der Waals surface area (Å²) in [5.74, 6) is 0.350. The number of nitrogens with two attached hydrogens (primary N) is 1. The average Bonchev–Trinajstić information content (AvgIpc) is 2.94. The summed E-state index contributed by atoms with van der Waals surface area (Å²) in [5.41, 5.74) is 6.77. The van der Waals surface area contributed by atoms with Crippen molar-refractivity contribution in [2.24, 2.45) is 0 Å². The smallest absolute Gasteiger partial charge is 0.142 e. The molecule has 0 spiro atoms. The highest BCUT2D eigenvalue weighted by molar-refractivity contribution is 6.30. The van der Waals surface area contributed by atoms with Gasteiger partial charge in [-0.15, -0.1) is 0 Å². The highest BCUT2D eigenvalue weighted by Crippen LogP contribution is 2.43. The Bertz CT molecular complexity index is 636. The van der Waals surface area contributed by atoms with Gasteiger partial charge in [-0.05, 0) is 67.6 Å². The average molecular weight is 306 g/mol. The van der Waals surface area contributed by atoms with Gasteiger partial charge < -0.3 is 10.5 Å². The van der Waals surface area contributed by atoms with Gasteiger partial charge in [-0.1, -0.05) is 17.7 Å². The van der Waals surface area contributed by atoms with Gasteiger partial charge in [-0.25, -0.2) is 4.39 Å². The molecule has 1 aliphatic carbocycles. The zero-order valence-electron chi connectivity index (χ0n) is 11.6. The quantitative estimate of drug-likeness (QED) is 0.818. The van der Waals surface area contributed by atoms with Crippen LogP contribution in [-0.2, 0) is 5.60 Å². The van der Waals surface area contributed by atoms with E-state index in [1.54, 1.807) is 18.2 Å². The van der Waals surface area contributed by atoms with E-state index in [4.69, 9.17) is 22.1 Å². The molecule has 0 unspecified atom stereocenters. The van der Waals surface area contributed by atoms with Crippen LogP contribution in [0.5, 0.6) is 5.75 Å². The Morgan fingerprint density at radius 3 is 2.33 bits per heavy atom. The maximum absolute atomic E-state index is 13.8. The molecule has 4 heteroatoms. The van der Waals surface area contributed by atoms with Crippen LogP contribution in [0.25, 0.3) is 0 Å². The van der Waals surface area contributed by atoms with Crippen molar-refractivity contribution < 1.29 is 9.13 Å². The third-order valence-electron chi connectivity index (χ3n) is 4.05. The molecular weight excluding hydrogens is 289 g/mol. The van der Waals surface area contributed by atoms with Crippen LogP contribution < -0.4 is 10.5 Å². The minimum atomic E-state index is -0.471. The lowest BCUT2D eigenvalue weighted by Gasteiger charge is -2.31. The lowest BCUT2D eigenvalue weighted by Crippen LogP contribution is -2.29. The first kappa shape index (κ1) is 14.2. The van der Waals surface area contributed by atoms with Crippen LogP contribution in [0.4, 0.5) is 10.1 Å². The molecule has 2 aromatic rings. The molecule has 3 rings (SSSR count). The second-order valence-corrected chi connectivity index (χ2v) is 5.91. The van der Waals surface area contributed by atoms with Gasteiger partial charge >= 0.3 is 0 Å². The van der Waals surface area contributed by atoms with Crippen LogP contribution in [0.2, 0.25) is 5.02 Å². The zero-order valence-corrected chi connectivity index (χ0v) is 12.4. The van der Waals surface area contributed by atoms with Crippen molar-refractivity contribution in [2.45, 2.75) is 31.3 Å². The number of benzene rings is 2. The van der Waals surface area contributed by atoms with Crippen molar-refractivity contribution in [3.05, 3.63) is 58.9 Å². The Kier molecular flexibility index (Phi) is 3.77. The molecular formula is C17H17ClFNO. The third kappa shape index (κ3) is 2.84. The molecule has 2 N–H and O–H groups in total. The van der Waals surface area contributed by atoms with E-state index >= 15 is 0 Å². The standard InChI is InChI=1S/C17H17ClFNO/c18-15-8-3-12(11-16(15)19)17(9-1-2-10-17)21-14-6-4-13(20)5-7-14/h3-8,11H,1-2,9-10,20H2. The summed E-state index contributed by atoms with van der Waals surface area (Å²) in [4.78, 5) is 0. The molecule has 0 bridgehead atoms. The summed E-state index contributed by atoms with van der Waals surface area (Å²) in [7, 11) is 0. The Morgan fingerprint density at radius 2 is 1.71 bits per heavy atom. The first-order valence-electron chi connectivity index (χ1n) is 7.09. The van der Waals surface area contributed by atoms with E-state index in [0.29, 0.717) is 5.69 Å². The summed E-state index contributed by atoms with van der Waals surface area (Å²) in [6.07, 6.45) is 3.88. The number of hydrogen-bond acceptors (Lipinski definition) is 2. The number of nitrogen functional groups attached to an aromatic ring is 1. The maximum Gasteiger partial charge on any atom is 0.142 e. The zero-order chi connectivity index (χ0) is 14.9. The van der Waals surface area contributed by atoms with E-state index in [1.165, 1.54) is 6.07 Å². The fourth-order valence-electron chi connectivity index (χ4n) is 2.94. The highest BCUT2D eigenvalue weighted by Gasteiger charge is 2.38. The molecule has 0 heterocycles. The lowest BCUT2D eigenvalue weighted by molar-refractivity contribution is 0.0737. The van der Waals surface area contributed by atoms with E-state index in [0.717, 1.165) is 37.0 Å². The monoisotopic (exact) mass is 305 g/mol. The van der Waals surface area contributed by atoms with E-state index in [-0.39, 0.29) is 5.02 Å². The van der Waals surface area contributed by atoms with Crippen LogP contribution in [0.3, 0.4) is 0 Å². The van der Waals surface area contributed by atoms with Crippen molar-refractivity contribution in [1.29, 1.82) is 0 Å². The number of halogens is 2. The summed E-state index contributed by atoms with van der Waals surface area (Å²) < 4.78 is 20.0. The normalized spacial score (nSPS) is 16.9. The topological polar surface area (TPSA) is 35.2 Å². The van der Waals surface area contributed by atoms with Gasteiger partial charge in [0.25, 0.3) is 0 Å². The van der Waals surface area contributed by atoms with Crippen molar-refractivity contribution in [2.75, 3.05) is 5.73 Å². The first-order chi connectivity index (χ1) is 10.1. The molecule has 21 heavy (non-hydrogen) atoms. The van der Waals surface area contributed by atoms with Crippen LogP contribution in [-0.4, -0.2) is 0 Å². The van der Waals surface area contributed by atoms with Crippen molar-refractivity contribution >= 4 is 17.3 Å². The van der Waals surface area contributed by atoms with Gasteiger partial charge in [0.2, 0.25) is 0 Å². The predicted molar refractivity (Wildman–Crippen MR) is 83.0 cm³/mol. The minimum Gasteiger partial charge on any atom is -0.483 e. The molecule has 0 atom stereocenters. The molecule has 0 saturated heterocycles. The van der Waals surface area contributed by atoms with Gasteiger partial charge in [0.05, 0.1) is 5.02 Å². The molecule has 0 aliphatic heterocycles. The highest BCUT2D eigenvalue weighted by atomic mass is 35.5. The van der Waals surface area contributed by atoms with Crippen LogP contribution >= 0.6 is 11.6 Å². The molecule has 1 fully saturated rings. The molecule has 2 nitrogen and oxygen atoms in total. The largest absolute Gasteiger partial charge is 0.483 e. The Hall–Kier alpha value is -1.74. The molecule has 110 valence electrons. The number of ether oxygens (including phenoxy) is 1.